The van der Waals surface area contributed by atoms with Crippen LogP contribution in [0.15, 0.2) is 18.2 Å². The number of hydrogen-bond acceptors (Lipinski definition) is 2. The van der Waals surface area contributed by atoms with Gasteiger partial charge in [-0.1, -0.05) is 6.07 Å². The van der Waals surface area contributed by atoms with E-state index in [1.807, 2.05) is 32.2 Å². The highest BCUT2D eigenvalue weighted by molar-refractivity contribution is 5.82. The minimum Gasteiger partial charge on any atom is -0.359 e. The summed E-state index contributed by atoms with van der Waals surface area (Å²) in [5, 5.41) is 0.694. The lowest BCUT2D eigenvalue weighted by Crippen LogP contribution is -2.21. The van der Waals surface area contributed by atoms with Gasteiger partial charge in [0.05, 0.1) is 0 Å². The molecular weight excluding hydrogens is 241 g/mol. The first-order chi connectivity index (χ1) is 9.10. The maximum atomic E-state index is 14.7. The summed E-state index contributed by atoms with van der Waals surface area (Å²) in [6.45, 7) is 3.57. The van der Waals surface area contributed by atoms with Crippen LogP contribution in [0.25, 0.3) is 10.9 Å². The topological polar surface area (TPSA) is 45.0 Å². The molecule has 0 amide bonds. The van der Waals surface area contributed by atoms with Gasteiger partial charge in [0, 0.05) is 34.7 Å². The number of rotatable bonds is 2. The molecule has 0 saturated carbocycles. The average Bonchev–Trinajstić information content (AvgIpc) is 2.93. The Labute approximate surface area is 112 Å². The van der Waals surface area contributed by atoms with Crippen molar-refractivity contribution in [3.63, 3.8) is 0 Å². The van der Waals surface area contributed by atoms with Crippen LogP contribution in [0.4, 0.5) is 4.39 Å². The van der Waals surface area contributed by atoms with Crippen LogP contribution in [0, 0.1) is 18.7 Å². The van der Waals surface area contributed by atoms with Crippen molar-refractivity contribution in [3.05, 3.63) is 35.3 Å². The summed E-state index contributed by atoms with van der Waals surface area (Å²) in [7, 11) is 2.05. The van der Waals surface area contributed by atoms with Crippen molar-refractivity contribution in [3.8, 4) is 0 Å². The molecule has 2 unspecified atom stereocenters. The lowest BCUT2D eigenvalue weighted by molar-refractivity contribution is 0.307. The van der Waals surface area contributed by atoms with E-state index in [4.69, 9.17) is 5.73 Å². The van der Waals surface area contributed by atoms with E-state index in [9.17, 15) is 4.39 Å². The standard InChI is InChI=1S/C15H20FN3/c1-9-5-12-13(18-9)4-3-11(15(12)16)14-6-10(7-17)8-19(14)2/h3-5,10,14,18H,6-8,17H2,1-2H3. The molecule has 2 heterocycles. The lowest BCUT2D eigenvalue weighted by Gasteiger charge is -2.20. The molecule has 19 heavy (non-hydrogen) atoms. The fourth-order valence-corrected chi connectivity index (χ4v) is 3.22. The van der Waals surface area contributed by atoms with Crippen LogP contribution < -0.4 is 5.73 Å². The van der Waals surface area contributed by atoms with Crippen LogP contribution in [0.3, 0.4) is 0 Å². The molecule has 1 aromatic carbocycles. The van der Waals surface area contributed by atoms with Crippen molar-refractivity contribution in [2.24, 2.45) is 11.7 Å². The van der Waals surface area contributed by atoms with E-state index in [0.29, 0.717) is 17.8 Å². The van der Waals surface area contributed by atoms with Crippen LogP contribution in [0.2, 0.25) is 0 Å². The SMILES string of the molecule is Cc1cc2c(F)c(C3CC(CN)CN3C)ccc2[nH]1. The summed E-state index contributed by atoms with van der Waals surface area (Å²) in [4.78, 5) is 5.38. The first kappa shape index (κ1) is 12.6. The minimum absolute atomic E-state index is 0.0867. The minimum atomic E-state index is -0.0867. The molecule has 0 spiro atoms. The van der Waals surface area contributed by atoms with Gasteiger partial charge in [-0.2, -0.15) is 0 Å². The van der Waals surface area contributed by atoms with Crippen molar-refractivity contribution >= 4 is 10.9 Å². The predicted molar refractivity (Wildman–Crippen MR) is 75.5 cm³/mol. The Bertz CT molecular complexity index is 605. The third kappa shape index (κ3) is 2.05. The van der Waals surface area contributed by atoms with E-state index in [1.54, 1.807) is 0 Å². The number of aromatic amines is 1. The van der Waals surface area contributed by atoms with Crippen molar-refractivity contribution in [2.75, 3.05) is 20.1 Å². The number of halogens is 1. The van der Waals surface area contributed by atoms with Gasteiger partial charge in [-0.05, 0) is 45.0 Å². The number of aromatic nitrogens is 1. The second kappa shape index (κ2) is 4.62. The van der Waals surface area contributed by atoms with Gasteiger partial charge >= 0.3 is 0 Å². The van der Waals surface area contributed by atoms with E-state index < -0.39 is 0 Å². The fourth-order valence-electron chi connectivity index (χ4n) is 3.22. The zero-order chi connectivity index (χ0) is 13.6. The van der Waals surface area contributed by atoms with E-state index >= 15 is 0 Å². The molecule has 4 heteroatoms. The van der Waals surface area contributed by atoms with Crippen LogP contribution in [0.5, 0.6) is 0 Å². The van der Waals surface area contributed by atoms with Gasteiger partial charge in [-0.15, -0.1) is 0 Å². The number of nitrogens with zero attached hydrogens (tertiary/aromatic N) is 1. The molecule has 1 aromatic heterocycles. The number of aryl methyl sites for hydroxylation is 1. The second-order valence-corrected chi connectivity index (χ2v) is 5.68. The zero-order valence-electron chi connectivity index (χ0n) is 11.4. The summed E-state index contributed by atoms with van der Waals surface area (Å²) >= 11 is 0. The molecule has 2 atom stereocenters. The summed E-state index contributed by atoms with van der Waals surface area (Å²) < 4.78 is 14.7. The van der Waals surface area contributed by atoms with Crippen molar-refractivity contribution in [1.82, 2.24) is 9.88 Å². The number of nitrogens with one attached hydrogen (secondary N) is 1. The number of benzene rings is 1. The highest BCUT2D eigenvalue weighted by Crippen LogP contribution is 2.36. The largest absolute Gasteiger partial charge is 0.359 e. The summed E-state index contributed by atoms with van der Waals surface area (Å²) in [6, 6.07) is 5.91. The lowest BCUT2D eigenvalue weighted by atomic mass is 9.98. The van der Waals surface area contributed by atoms with Crippen molar-refractivity contribution < 1.29 is 4.39 Å². The van der Waals surface area contributed by atoms with Gasteiger partial charge in [0.25, 0.3) is 0 Å². The Morgan fingerprint density at radius 1 is 1.47 bits per heavy atom. The Morgan fingerprint density at radius 2 is 2.26 bits per heavy atom. The molecule has 0 aliphatic carbocycles. The van der Waals surface area contributed by atoms with Gasteiger partial charge in [-0.3, -0.25) is 4.90 Å². The number of H-pyrrole nitrogens is 1. The van der Waals surface area contributed by atoms with Gasteiger partial charge in [0.1, 0.15) is 5.82 Å². The van der Waals surface area contributed by atoms with Crippen molar-refractivity contribution in [1.29, 1.82) is 0 Å². The zero-order valence-corrected chi connectivity index (χ0v) is 11.4. The molecule has 1 fully saturated rings. The molecule has 1 aliphatic heterocycles. The first-order valence-corrected chi connectivity index (χ1v) is 6.78. The van der Waals surface area contributed by atoms with Gasteiger partial charge in [0.2, 0.25) is 0 Å². The maximum Gasteiger partial charge on any atom is 0.137 e. The molecule has 2 aromatic rings. The molecular formula is C15H20FN3. The molecule has 102 valence electrons. The highest BCUT2D eigenvalue weighted by Gasteiger charge is 2.31. The molecule has 1 saturated heterocycles. The number of fused-ring (bicyclic) bond motifs is 1. The predicted octanol–water partition coefficient (Wildman–Crippen LogP) is 2.57. The quantitative estimate of drug-likeness (QED) is 0.872. The molecule has 1 aliphatic rings. The Hall–Kier alpha value is -1.39. The van der Waals surface area contributed by atoms with Gasteiger partial charge < -0.3 is 10.7 Å². The number of likely N-dealkylation sites (tertiary alicyclic amines) is 1. The molecule has 0 bridgehead atoms. The molecule has 3 rings (SSSR count). The van der Waals surface area contributed by atoms with Gasteiger partial charge in [-0.25, -0.2) is 4.39 Å². The third-order valence-corrected chi connectivity index (χ3v) is 4.23. The third-order valence-electron chi connectivity index (χ3n) is 4.23. The Morgan fingerprint density at radius 3 is 2.95 bits per heavy atom. The normalized spacial score (nSPS) is 24.4. The molecule has 0 radical (unpaired) electrons. The van der Waals surface area contributed by atoms with E-state index in [2.05, 4.69) is 9.88 Å². The second-order valence-electron chi connectivity index (χ2n) is 5.68. The summed E-state index contributed by atoms with van der Waals surface area (Å²) in [5.74, 6) is 0.384. The molecule has 3 nitrogen and oxygen atoms in total. The number of nitrogens with two attached hydrogens (primary N) is 1. The Balaban J connectivity index is 2.03. The van der Waals surface area contributed by atoms with Gasteiger partial charge in [0.15, 0.2) is 0 Å². The average molecular weight is 261 g/mol. The van der Waals surface area contributed by atoms with Crippen LogP contribution >= 0.6 is 0 Å². The van der Waals surface area contributed by atoms with E-state index in [1.165, 1.54) is 0 Å². The number of hydrogen-bond donors (Lipinski definition) is 2. The monoisotopic (exact) mass is 261 g/mol. The smallest absolute Gasteiger partial charge is 0.137 e. The van der Waals surface area contributed by atoms with E-state index in [-0.39, 0.29) is 11.9 Å². The maximum absolute atomic E-state index is 14.7. The summed E-state index contributed by atoms with van der Waals surface area (Å²) in [6.07, 6.45) is 0.943. The van der Waals surface area contributed by atoms with Crippen LogP contribution in [-0.4, -0.2) is 30.0 Å². The molecule has 3 N–H and O–H groups in total. The fraction of sp³-hybridized carbons (Fsp3) is 0.467. The first-order valence-electron chi connectivity index (χ1n) is 6.78. The Kier molecular flexibility index (Phi) is 3.07. The van der Waals surface area contributed by atoms with E-state index in [0.717, 1.165) is 29.7 Å². The van der Waals surface area contributed by atoms with Crippen LogP contribution in [-0.2, 0) is 0 Å². The summed E-state index contributed by atoms with van der Waals surface area (Å²) in [5.41, 5.74) is 8.40. The van der Waals surface area contributed by atoms with Crippen LogP contribution in [0.1, 0.15) is 23.7 Å². The van der Waals surface area contributed by atoms with Crippen molar-refractivity contribution in [2.45, 2.75) is 19.4 Å². The highest BCUT2D eigenvalue weighted by atomic mass is 19.1.